The quantitative estimate of drug-likeness (QED) is 0.721. The molecule has 3 aromatic rings. The summed E-state index contributed by atoms with van der Waals surface area (Å²) in [6.07, 6.45) is -1.26. The summed E-state index contributed by atoms with van der Waals surface area (Å²) in [7, 11) is 1.29. The standard InChI is InChI=1S/C18H14F3N3O2/c1-23-15-13(9-10-14(22-15)18(19,20)21)16(25)24(17(23)26)11-5-8-12-6-3-2-4-7-12/h2-10H,11H2,1H3/b8-5+. The van der Waals surface area contributed by atoms with Gasteiger partial charge in [0.25, 0.3) is 5.56 Å². The van der Waals surface area contributed by atoms with Crippen molar-refractivity contribution in [1.29, 1.82) is 0 Å². The van der Waals surface area contributed by atoms with Gasteiger partial charge in [0.1, 0.15) is 11.3 Å². The Morgan fingerprint density at radius 1 is 1.08 bits per heavy atom. The molecule has 0 fully saturated rings. The predicted octanol–water partition coefficient (Wildman–Crippen LogP) is 2.83. The topological polar surface area (TPSA) is 56.9 Å². The van der Waals surface area contributed by atoms with Gasteiger partial charge in [-0.2, -0.15) is 13.2 Å². The zero-order valence-electron chi connectivity index (χ0n) is 13.7. The summed E-state index contributed by atoms with van der Waals surface area (Å²) in [5.41, 5.74) is -1.96. The number of aromatic nitrogens is 3. The number of pyridine rings is 1. The first-order valence-electron chi connectivity index (χ1n) is 7.68. The van der Waals surface area contributed by atoms with Crippen LogP contribution in [0.5, 0.6) is 0 Å². The van der Waals surface area contributed by atoms with E-state index in [-0.39, 0.29) is 17.6 Å². The first kappa shape index (κ1) is 17.7. The fourth-order valence-corrected chi connectivity index (χ4v) is 2.55. The van der Waals surface area contributed by atoms with E-state index in [1.165, 1.54) is 7.05 Å². The maximum Gasteiger partial charge on any atom is 0.433 e. The van der Waals surface area contributed by atoms with Gasteiger partial charge in [0.05, 0.1) is 5.39 Å². The Hall–Kier alpha value is -3.16. The van der Waals surface area contributed by atoms with Crippen molar-refractivity contribution in [1.82, 2.24) is 14.1 Å². The number of hydrogen-bond acceptors (Lipinski definition) is 3. The van der Waals surface area contributed by atoms with Crippen molar-refractivity contribution in [3.63, 3.8) is 0 Å². The third-order valence-corrected chi connectivity index (χ3v) is 3.87. The second kappa shape index (κ2) is 6.62. The van der Waals surface area contributed by atoms with Gasteiger partial charge in [-0.15, -0.1) is 0 Å². The number of halogens is 3. The highest BCUT2D eigenvalue weighted by Crippen LogP contribution is 2.28. The number of alkyl halides is 3. The van der Waals surface area contributed by atoms with Crippen LogP contribution >= 0.6 is 0 Å². The molecule has 0 unspecified atom stereocenters. The molecule has 0 N–H and O–H groups in total. The summed E-state index contributed by atoms with van der Waals surface area (Å²) < 4.78 is 40.3. The molecule has 0 spiro atoms. The maximum atomic E-state index is 12.8. The summed E-state index contributed by atoms with van der Waals surface area (Å²) in [5.74, 6) is 0. The molecule has 1 aromatic carbocycles. The Balaban J connectivity index is 2.06. The number of aryl methyl sites for hydroxylation is 1. The van der Waals surface area contributed by atoms with Crippen LogP contribution in [0.4, 0.5) is 13.2 Å². The molecule has 0 amide bonds. The van der Waals surface area contributed by atoms with Gasteiger partial charge in [-0.3, -0.25) is 13.9 Å². The molecule has 8 heteroatoms. The molecule has 0 saturated carbocycles. The normalized spacial score (nSPS) is 12.2. The number of hydrogen-bond donors (Lipinski definition) is 0. The van der Waals surface area contributed by atoms with E-state index in [0.717, 1.165) is 26.8 Å². The zero-order chi connectivity index (χ0) is 18.9. The van der Waals surface area contributed by atoms with Crippen LogP contribution in [0.1, 0.15) is 11.3 Å². The molecule has 2 heterocycles. The lowest BCUT2D eigenvalue weighted by Crippen LogP contribution is -2.39. The van der Waals surface area contributed by atoms with Gasteiger partial charge in [0.2, 0.25) is 0 Å². The lowest BCUT2D eigenvalue weighted by Gasteiger charge is -2.11. The average Bonchev–Trinajstić information content (AvgIpc) is 2.62. The van der Waals surface area contributed by atoms with Crippen molar-refractivity contribution in [3.05, 3.63) is 80.6 Å². The van der Waals surface area contributed by atoms with Gasteiger partial charge in [-0.1, -0.05) is 42.5 Å². The van der Waals surface area contributed by atoms with Gasteiger partial charge >= 0.3 is 11.9 Å². The van der Waals surface area contributed by atoms with Gasteiger partial charge in [-0.05, 0) is 17.7 Å². The first-order valence-corrected chi connectivity index (χ1v) is 7.68. The Labute approximate surface area is 145 Å². The first-order chi connectivity index (χ1) is 12.3. The van der Waals surface area contributed by atoms with Crippen molar-refractivity contribution >= 4 is 17.1 Å². The number of allylic oxidation sites excluding steroid dienone is 1. The molecular formula is C18H14F3N3O2. The molecule has 2 aromatic heterocycles. The minimum Gasteiger partial charge on any atom is -0.280 e. The van der Waals surface area contributed by atoms with Crippen molar-refractivity contribution < 1.29 is 13.2 Å². The largest absolute Gasteiger partial charge is 0.433 e. The Bertz CT molecular complexity index is 1100. The van der Waals surface area contributed by atoms with Crippen LogP contribution in [-0.4, -0.2) is 14.1 Å². The maximum absolute atomic E-state index is 12.8. The lowest BCUT2D eigenvalue weighted by atomic mass is 10.2. The highest BCUT2D eigenvalue weighted by atomic mass is 19.4. The summed E-state index contributed by atoms with van der Waals surface area (Å²) in [5, 5.41) is -0.0480. The van der Waals surface area contributed by atoms with E-state index in [9.17, 15) is 22.8 Å². The molecule has 0 saturated heterocycles. The van der Waals surface area contributed by atoms with Gasteiger partial charge in [0, 0.05) is 13.6 Å². The fourth-order valence-electron chi connectivity index (χ4n) is 2.55. The van der Waals surface area contributed by atoms with Crippen molar-refractivity contribution in [2.24, 2.45) is 7.05 Å². The van der Waals surface area contributed by atoms with Crippen LogP contribution in [0.3, 0.4) is 0 Å². The van der Waals surface area contributed by atoms with Crippen LogP contribution in [-0.2, 0) is 19.8 Å². The highest BCUT2D eigenvalue weighted by molar-refractivity contribution is 5.74. The Morgan fingerprint density at radius 3 is 2.42 bits per heavy atom. The minimum absolute atomic E-state index is 0.00262. The predicted molar refractivity (Wildman–Crippen MR) is 91.7 cm³/mol. The highest BCUT2D eigenvalue weighted by Gasteiger charge is 2.33. The van der Waals surface area contributed by atoms with Gasteiger partial charge < -0.3 is 0 Å². The molecule has 0 bridgehead atoms. The molecule has 0 radical (unpaired) electrons. The smallest absolute Gasteiger partial charge is 0.280 e. The molecule has 3 rings (SSSR count). The number of fused-ring (bicyclic) bond motifs is 1. The van der Waals surface area contributed by atoms with E-state index in [1.807, 2.05) is 30.3 Å². The Morgan fingerprint density at radius 2 is 1.77 bits per heavy atom. The molecule has 0 aliphatic heterocycles. The molecule has 5 nitrogen and oxygen atoms in total. The van der Waals surface area contributed by atoms with E-state index in [0.29, 0.717) is 0 Å². The van der Waals surface area contributed by atoms with E-state index in [2.05, 4.69) is 4.98 Å². The summed E-state index contributed by atoms with van der Waals surface area (Å²) >= 11 is 0. The summed E-state index contributed by atoms with van der Waals surface area (Å²) in [6.45, 7) is -0.00262. The second-order valence-corrected chi connectivity index (χ2v) is 5.64. The number of rotatable bonds is 3. The number of nitrogens with zero attached hydrogens (tertiary/aromatic N) is 3. The molecule has 0 aliphatic carbocycles. The SMILES string of the molecule is Cn1c(=O)n(C/C=C/c2ccccc2)c(=O)c2ccc(C(F)(F)F)nc21. The molecule has 0 atom stereocenters. The van der Waals surface area contributed by atoms with Crippen molar-refractivity contribution in [3.8, 4) is 0 Å². The minimum atomic E-state index is -4.66. The van der Waals surface area contributed by atoms with Gasteiger partial charge in [-0.25, -0.2) is 9.78 Å². The second-order valence-electron chi connectivity index (χ2n) is 5.64. The van der Waals surface area contributed by atoms with Crippen LogP contribution in [0.15, 0.2) is 58.1 Å². The van der Waals surface area contributed by atoms with Crippen molar-refractivity contribution in [2.75, 3.05) is 0 Å². The lowest BCUT2D eigenvalue weighted by molar-refractivity contribution is -0.141. The van der Waals surface area contributed by atoms with Gasteiger partial charge in [0.15, 0.2) is 0 Å². The van der Waals surface area contributed by atoms with E-state index in [1.54, 1.807) is 12.2 Å². The number of benzene rings is 1. The summed E-state index contributed by atoms with van der Waals surface area (Å²) in [6, 6.07) is 11.1. The molecular weight excluding hydrogens is 347 g/mol. The van der Waals surface area contributed by atoms with Crippen molar-refractivity contribution in [2.45, 2.75) is 12.7 Å². The monoisotopic (exact) mass is 361 g/mol. The van der Waals surface area contributed by atoms with E-state index < -0.39 is 23.1 Å². The Kier molecular flexibility index (Phi) is 4.50. The summed E-state index contributed by atoms with van der Waals surface area (Å²) in [4.78, 5) is 28.3. The third-order valence-electron chi connectivity index (χ3n) is 3.87. The zero-order valence-corrected chi connectivity index (χ0v) is 13.7. The van der Waals surface area contributed by atoms with Crippen LogP contribution < -0.4 is 11.2 Å². The average molecular weight is 361 g/mol. The van der Waals surface area contributed by atoms with Crippen LogP contribution in [0.2, 0.25) is 0 Å². The molecule has 26 heavy (non-hydrogen) atoms. The third kappa shape index (κ3) is 3.30. The van der Waals surface area contributed by atoms with E-state index in [4.69, 9.17) is 0 Å². The molecule has 0 aliphatic rings. The molecule has 134 valence electrons. The van der Waals surface area contributed by atoms with Crippen LogP contribution in [0, 0.1) is 0 Å². The fraction of sp³-hybridized carbons (Fsp3) is 0.167. The van der Waals surface area contributed by atoms with E-state index >= 15 is 0 Å². The van der Waals surface area contributed by atoms with Crippen LogP contribution in [0.25, 0.3) is 17.1 Å².